The van der Waals surface area contributed by atoms with Gasteiger partial charge >= 0.3 is 0 Å². The number of benzene rings is 1. The number of guanidine groups is 1. The maximum atomic E-state index is 12.6. The number of amides is 1. The molecule has 162 valence electrons. The molecule has 0 radical (unpaired) electrons. The van der Waals surface area contributed by atoms with Crippen molar-refractivity contribution < 1.29 is 9.53 Å². The first kappa shape index (κ1) is 23.8. The molecule has 1 heterocycles. The summed E-state index contributed by atoms with van der Waals surface area (Å²) >= 11 is 0. The molecule has 0 bridgehead atoms. The third kappa shape index (κ3) is 7.04. The Morgan fingerprint density at radius 3 is 2.72 bits per heavy atom. The molecule has 2 fully saturated rings. The van der Waals surface area contributed by atoms with E-state index in [1.807, 2.05) is 36.1 Å². The lowest BCUT2D eigenvalue weighted by Crippen LogP contribution is -2.45. The van der Waals surface area contributed by atoms with E-state index in [0.717, 1.165) is 56.2 Å². The van der Waals surface area contributed by atoms with E-state index in [1.165, 1.54) is 12.8 Å². The minimum absolute atomic E-state index is 0. The highest BCUT2D eigenvalue weighted by Gasteiger charge is 2.32. The maximum Gasteiger partial charge on any atom is 0.225 e. The molecule has 0 aromatic heterocycles. The molecule has 1 aliphatic carbocycles. The number of carbonyl (C=O) groups is 1. The van der Waals surface area contributed by atoms with Crippen LogP contribution in [0.5, 0.6) is 5.75 Å². The van der Waals surface area contributed by atoms with Gasteiger partial charge in [-0.05, 0) is 44.7 Å². The molecule has 1 amide bonds. The molecule has 0 spiro atoms. The second-order valence-corrected chi connectivity index (χ2v) is 7.77. The zero-order valence-corrected chi connectivity index (χ0v) is 20.0. The van der Waals surface area contributed by atoms with Gasteiger partial charge in [-0.15, -0.1) is 24.0 Å². The van der Waals surface area contributed by atoms with E-state index in [-0.39, 0.29) is 35.9 Å². The first-order valence-electron chi connectivity index (χ1n) is 10.7. The molecule has 1 saturated heterocycles. The predicted molar refractivity (Wildman–Crippen MR) is 128 cm³/mol. The van der Waals surface area contributed by atoms with Crippen LogP contribution in [0.4, 0.5) is 0 Å². The Balaban J connectivity index is 0.00000300. The Morgan fingerprint density at radius 1 is 1.24 bits per heavy atom. The number of nitrogens with one attached hydrogen (secondary N) is 2. The van der Waals surface area contributed by atoms with E-state index in [9.17, 15) is 4.79 Å². The average Bonchev–Trinajstić information content (AvgIpc) is 3.38. The molecule has 6 nitrogen and oxygen atoms in total. The summed E-state index contributed by atoms with van der Waals surface area (Å²) in [5, 5.41) is 6.79. The maximum absolute atomic E-state index is 12.6. The number of hydrogen-bond acceptors (Lipinski definition) is 3. The van der Waals surface area contributed by atoms with Gasteiger partial charge in [0.1, 0.15) is 12.4 Å². The highest BCUT2D eigenvalue weighted by Crippen LogP contribution is 2.27. The summed E-state index contributed by atoms with van der Waals surface area (Å²) in [6, 6.07) is 8.28. The second kappa shape index (κ2) is 12.2. The van der Waals surface area contributed by atoms with Crippen molar-refractivity contribution in [1.29, 1.82) is 0 Å². The van der Waals surface area contributed by atoms with Crippen LogP contribution in [-0.2, 0) is 4.79 Å². The van der Waals surface area contributed by atoms with Crippen molar-refractivity contribution in [2.45, 2.75) is 52.0 Å². The van der Waals surface area contributed by atoms with Gasteiger partial charge in [0.05, 0.1) is 6.54 Å². The first-order valence-corrected chi connectivity index (χ1v) is 10.7. The largest absolute Gasteiger partial charge is 0.491 e. The second-order valence-electron chi connectivity index (χ2n) is 7.77. The van der Waals surface area contributed by atoms with Crippen molar-refractivity contribution in [3.05, 3.63) is 29.8 Å². The third-order valence-electron chi connectivity index (χ3n) is 5.60. The number of carbonyl (C=O) groups excluding carboxylic acids is 1. The van der Waals surface area contributed by atoms with Gasteiger partial charge in [-0.25, -0.2) is 4.99 Å². The van der Waals surface area contributed by atoms with Crippen LogP contribution in [0.1, 0.15) is 44.6 Å². The highest BCUT2D eigenvalue weighted by atomic mass is 127. The van der Waals surface area contributed by atoms with Gasteiger partial charge in [-0.3, -0.25) is 4.79 Å². The number of hydrogen-bond donors (Lipinski definition) is 2. The number of aliphatic imine (C=N–C) groups is 1. The monoisotopic (exact) mass is 514 g/mol. The fourth-order valence-corrected chi connectivity index (χ4v) is 4.05. The van der Waals surface area contributed by atoms with Crippen molar-refractivity contribution >= 4 is 35.8 Å². The number of aryl methyl sites for hydroxylation is 1. The summed E-state index contributed by atoms with van der Waals surface area (Å²) in [4.78, 5) is 19.3. The lowest BCUT2D eigenvalue weighted by atomic mass is 10.1. The summed E-state index contributed by atoms with van der Waals surface area (Å²) in [5.41, 5.74) is 1.13. The number of halogens is 1. The van der Waals surface area contributed by atoms with Crippen LogP contribution in [-0.4, -0.2) is 55.6 Å². The predicted octanol–water partition coefficient (Wildman–Crippen LogP) is 3.34. The molecule has 1 unspecified atom stereocenters. The van der Waals surface area contributed by atoms with E-state index < -0.39 is 0 Å². The summed E-state index contributed by atoms with van der Waals surface area (Å²) < 4.78 is 5.83. The summed E-state index contributed by atoms with van der Waals surface area (Å²) in [7, 11) is 0. The van der Waals surface area contributed by atoms with Gasteiger partial charge in [0.25, 0.3) is 0 Å². The number of likely N-dealkylation sites (tertiary alicyclic amines) is 1. The molecule has 2 aliphatic rings. The van der Waals surface area contributed by atoms with Crippen LogP contribution in [0.3, 0.4) is 0 Å². The molecule has 29 heavy (non-hydrogen) atoms. The van der Waals surface area contributed by atoms with Gasteiger partial charge < -0.3 is 20.3 Å². The Bertz CT molecular complexity index is 677. The Kier molecular flexibility index (Phi) is 10.0. The van der Waals surface area contributed by atoms with Crippen LogP contribution in [0, 0.1) is 12.8 Å². The number of rotatable bonds is 7. The minimum atomic E-state index is 0. The summed E-state index contributed by atoms with van der Waals surface area (Å²) in [6.45, 7) is 7.66. The number of ether oxygens (including phenoxy) is 1. The summed E-state index contributed by atoms with van der Waals surface area (Å²) in [5.74, 6) is 2.33. The van der Waals surface area contributed by atoms with Gasteiger partial charge in [-0.1, -0.05) is 31.0 Å². The molecule has 1 aromatic rings. The van der Waals surface area contributed by atoms with Crippen LogP contribution < -0.4 is 15.4 Å². The van der Waals surface area contributed by atoms with Crippen molar-refractivity contribution in [2.24, 2.45) is 10.9 Å². The molecule has 3 rings (SSSR count). The lowest BCUT2D eigenvalue weighted by Gasteiger charge is -2.21. The average molecular weight is 514 g/mol. The molecule has 1 saturated carbocycles. The number of para-hydroxylation sites is 1. The van der Waals surface area contributed by atoms with Crippen molar-refractivity contribution in [1.82, 2.24) is 15.5 Å². The Labute approximate surface area is 191 Å². The smallest absolute Gasteiger partial charge is 0.225 e. The van der Waals surface area contributed by atoms with Crippen LogP contribution >= 0.6 is 24.0 Å². The zero-order chi connectivity index (χ0) is 19.8. The normalized spacial score (nSPS) is 19.7. The zero-order valence-electron chi connectivity index (χ0n) is 17.7. The lowest BCUT2D eigenvalue weighted by molar-refractivity contribution is -0.134. The topological polar surface area (TPSA) is 66.0 Å². The van der Waals surface area contributed by atoms with Crippen molar-refractivity contribution in [3.8, 4) is 5.75 Å². The fourth-order valence-electron chi connectivity index (χ4n) is 4.05. The molecular formula is C22H35IN4O2. The highest BCUT2D eigenvalue weighted by molar-refractivity contribution is 14.0. The van der Waals surface area contributed by atoms with Crippen molar-refractivity contribution in [2.75, 3.05) is 32.8 Å². The van der Waals surface area contributed by atoms with Gasteiger partial charge in [0, 0.05) is 31.6 Å². The van der Waals surface area contributed by atoms with Gasteiger partial charge in [0.15, 0.2) is 5.96 Å². The summed E-state index contributed by atoms with van der Waals surface area (Å²) in [6.07, 6.45) is 5.51. The quantitative estimate of drug-likeness (QED) is 0.254. The van der Waals surface area contributed by atoms with Crippen LogP contribution in [0.25, 0.3) is 0 Å². The molecule has 1 aliphatic heterocycles. The van der Waals surface area contributed by atoms with Crippen LogP contribution in [0.15, 0.2) is 29.3 Å². The number of nitrogens with zero attached hydrogens (tertiary/aromatic N) is 2. The van der Waals surface area contributed by atoms with Gasteiger partial charge in [0.2, 0.25) is 5.91 Å². The van der Waals surface area contributed by atoms with Crippen molar-refractivity contribution in [3.63, 3.8) is 0 Å². The fraction of sp³-hybridized carbons (Fsp3) is 0.636. The minimum Gasteiger partial charge on any atom is -0.491 e. The molecule has 1 aromatic carbocycles. The van der Waals surface area contributed by atoms with Crippen LogP contribution in [0.2, 0.25) is 0 Å². The standard InChI is InChI=1S/C22H34N4O2.HI/c1-3-23-22(24-13-15-28-20-11-7-4-8-17(20)2)25-19-12-14-26(16-19)21(27)18-9-5-6-10-18;/h4,7-8,11,18-19H,3,5-6,9-10,12-16H2,1-2H3,(H2,23,24,25);1H. The van der Waals surface area contributed by atoms with E-state index in [1.54, 1.807) is 0 Å². The van der Waals surface area contributed by atoms with E-state index in [0.29, 0.717) is 19.1 Å². The van der Waals surface area contributed by atoms with E-state index in [4.69, 9.17) is 4.74 Å². The molecule has 1 atom stereocenters. The van der Waals surface area contributed by atoms with Gasteiger partial charge in [-0.2, -0.15) is 0 Å². The molecule has 2 N–H and O–H groups in total. The SMILES string of the molecule is CCNC(=NCCOc1ccccc1C)NC1CCN(C(=O)C2CCCC2)C1.I. The molecule has 7 heteroatoms. The molecular weight excluding hydrogens is 479 g/mol. The first-order chi connectivity index (χ1) is 13.7. The Morgan fingerprint density at radius 2 is 2.00 bits per heavy atom. The third-order valence-corrected chi connectivity index (χ3v) is 5.60. The Hall–Kier alpha value is -1.51. The van der Waals surface area contributed by atoms with E-state index >= 15 is 0 Å². The van der Waals surface area contributed by atoms with E-state index in [2.05, 4.69) is 22.5 Å².